The van der Waals surface area contributed by atoms with E-state index in [4.69, 9.17) is 21.1 Å². The highest BCUT2D eigenvalue weighted by Gasteiger charge is 2.17. The van der Waals surface area contributed by atoms with Gasteiger partial charge in [-0.1, -0.05) is 11.6 Å². The van der Waals surface area contributed by atoms with E-state index >= 15 is 0 Å². The summed E-state index contributed by atoms with van der Waals surface area (Å²) in [5, 5.41) is 2.68. The van der Waals surface area contributed by atoms with E-state index in [-0.39, 0.29) is 12.1 Å². The number of anilines is 1. The van der Waals surface area contributed by atoms with Crippen LogP contribution in [0.3, 0.4) is 0 Å². The van der Waals surface area contributed by atoms with Crippen molar-refractivity contribution in [1.29, 1.82) is 0 Å². The van der Waals surface area contributed by atoms with Gasteiger partial charge in [0.25, 0.3) is 0 Å². The molecule has 0 atom stereocenters. The molecule has 4 nitrogen and oxygen atoms in total. The van der Waals surface area contributed by atoms with E-state index in [0.29, 0.717) is 35.3 Å². The predicted molar refractivity (Wildman–Crippen MR) is 85.8 cm³/mol. The maximum atomic E-state index is 13.6. The molecular formula is C17H14ClF2NO3. The van der Waals surface area contributed by atoms with Crippen LogP contribution in [0.15, 0.2) is 30.3 Å². The van der Waals surface area contributed by atoms with E-state index in [1.807, 2.05) is 0 Å². The standard InChI is InChI=1S/C17H14ClF2NO3/c18-12-6-10(7-15-17(12)24-5-1-4-23-15)8-16(22)21-14-9-11(19)2-3-13(14)20/h2-3,6-7,9H,1,4-5,8H2,(H,21,22). The zero-order valence-electron chi connectivity index (χ0n) is 12.6. The number of amides is 1. The molecule has 1 heterocycles. The van der Waals surface area contributed by atoms with Crippen molar-refractivity contribution in [3.63, 3.8) is 0 Å². The minimum atomic E-state index is -0.707. The Labute approximate surface area is 142 Å². The maximum absolute atomic E-state index is 13.6. The first-order valence-corrected chi connectivity index (χ1v) is 7.73. The molecule has 0 aliphatic carbocycles. The molecule has 1 aliphatic heterocycles. The highest BCUT2D eigenvalue weighted by atomic mass is 35.5. The number of rotatable bonds is 3. The third-order valence-corrected chi connectivity index (χ3v) is 3.71. The summed E-state index contributed by atoms with van der Waals surface area (Å²) in [6.45, 7) is 0.999. The molecule has 0 saturated carbocycles. The molecule has 2 aromatic rings. The zero-order chi connectivity index (χ0) is 17.1. The molecule has 1 N–H and O–H groups in total. The summed E-state index contributed by atoms with van der Waals surface area (Å²) < 4.78 is 37.8. The third-order valence-electron chi connectivity index (χ3n) is 3.43. The van der Waals surface area contributed by atoms with Crippen LogP contribution in [0.2, 0.25) is 5.02 Å². The average Bonchev–Trinajstić information content (AvgIpc) is 2.76. The number of hydrogen-bond acceptors (Lipinski definition) is 3. The number of benzene rings is 2. The van der Waals surface area contributed by atoms with Crippen LogP contribution in [-0.2, 0) is 11.2 Å². The molecule has 0 fully saturated rings. The molecule has 0 saturated heterocycles. The highest BCUT2D eigenvalue weighted by molar-refractivity contribution is 6.32. The predicted octanol–water partition coefficient (Wildman–Crippen LogP) is 3.96. The first-order chi connectivity index (χ1) is 11.5. The van der Waals surface area contributed by atoms with Gasteiger partial charge < -0.3 is 14.8 Å². The lowest BCUT2D eigenvalue weighted by molar-refractivity contribution is -0.115. The molecule has 0 aromatic heterocycles. The zero-order valence-corrected chi connectivity index (χ0v) is 13.3. The summed E-state index contributed by atoms with van der Waals surface area (Å²) in [5.74, 6) is -0.911. The van der Waals surface area contributed by atoms with Crippen molar-refractivity contribution >= 4 is 23.2 Å². The summed E-state index contributed by atoms with van der Waals surface area (Å²) in [4.78, 5) is 12.1. The van der Waals surface area contributed by atoms with Crippen LogP contribution in [0.4, 0.5) is 14.5 Å². The van der Waals surface area contributed by atoms with Crippen LogP contribution in [0, 0.1) is 11.6 Å². The van der Waals surface area contributed by atoms with Crippen molar-refractivity contribution in [2.24, 2.45) is 0 Å². The van der Waals surface area contributed by atoms with Gasteiger partial charge >= 0.3 is 0 Å². The molecule has 0 spiro atoms. The van der Waals surface area contributed by atoms with Gasteiger partial charge in [-0.05, 0) is 29.8 Å². The van der Waals surface area contributed by atoms with Crippen molar-refractivity contribution in [3.05, 3.63) is 52.6 Å². The fourth-order valence-corrected chi connectivity index (χ4v) is 2.65. The van der Waals surface area contributed by atoms with Crippen LogP contribution in [0.25, 0.3) is 0 Å². The average molecular weight is 354 g/mol. The van der Waals surface area contributed by atoms with Crippen molar-refractivity contribution in [1.82, 2.24) is 0 Å². The largest absolute Gasteiger partial charge is 0.489 e. The molecule has 24 heavy (non-hydrogen) atoms. The maximum Gasteiger partial charge on any atom is 0.228 e. The Morgan fingerprint density at radius 3 is 2.79 bits per heavy atom. The quantitative estimate of drug-likeness (QED) is 0.908. The molecule has 3 rings (SSSR count). The van der Waals surface area contributed by atoms with E-state index in [9.17, 15) is 13.6 Å². The Morgan fingerprint density at radius 1 is 1.17 bits per heavy atom. The second kappa shape index (κ2) is 7.05. The molecule has 1 aliphatic rings. The number of halogens is 3. The number of fused-ring (bicyclic) bond motifs is 1. The van der Waals surface area contributed by atoms with Gasteiger partial charge in [0, 0.05) is 12.5 Å². The van der Waals surface area contributed by atoms with Crippen molar-refractivity contribution in [2.45, 2.75) is 12.8 Å². The third kappa shape index (κ3) is 3.76. The number of carbonyl (C=O) groups excluding carboxylic acids is 1. The monoisotopic (exact) mass is 353 g/mol. The molecule has 2 aromatic carbocycles. The molecule has 126 valence electrons. The Hall–Kier alpha value is -2.34. The summed E-state index contributed by atoms with van der Waals surface area (Å²) in [6, 6.07) is 6.11. The van der Waals surface area contributed by atoms with Crippen molar-refractivity contribution in [3.8, 4) is 11.5 Å². The van der Waals surface area contributed by atoms with Gasteiger partial charge in [0.05, 0.1) is 30.3 Å². The van der Waals surface area contributed by atoms with E-state index in [1.165, 1.54) is 0 Å². The fourth-order valence-electron chi connectivity index (χ4n) is 2.36. The van der Waals surface area contributed by atoms with Gasteiger partial charge in [-0.25, -0.2) is 8.78 Å². The fraction of sp³-hybridized carbons (Fsp3) is 0.235. The van der Waals surface area contributed by atoms with Crippen LogP contribution in [0.1, 0.15) is 12.0 Å². The van der Waals surface area contributed by atoms with Crippen molar-refractivity contribution in [2.75, 3.05) is 18.5 Å². The summed E-state index contributed by atoms with van der Waals surface area (Å²) in [7, 11) is 0. The van der Waals surface area contributed by atoms with Gasteiger partial charge in [0.1, 0.15) is 11.6 Å². The smallest absolute Gasteiger partial charge is 0.228 e. The lowest BCUT2D eigenvalue weighted by Gasteiger charge is -2.12. The molecule has 1 amide bonds. The molecule has 7 heteroatoms. The number of nitrogens with one attached hydrogen (secondary N) is 1. The minimum absolute atomic E-state index is 0.0632. The Balaban J connectivity index is 1.76. The topological polar surface area (TPSA) is 47.6 Å². The highest BCUT2D eigenvalue weighted by Crippen LogP contribution is 2.38. The van der Waals surface area contributed by atoms with Crippen LogP contribution >= 0.6 is 11.6 Å². The first kappa shape index (κ1) is 16.5. The number of carbonyl (C=O) groups is 1. The van der Waals surface area contributed by atoms with E-state index in [2.05, 4.69) is 5.32 Å². The molecule has 0 radical (unpaired) electrons. The number of ether oxygens (including phenoxy) is 2. The van der Waals surface area contributed by atoms with Gasteiger partial charge in [0.2, 0.25) is 5.91 Å². The summed E-state index contributed by atoms with van der Waals surface area (Å²) >= 11 is 6.16. The molecule has 0 unspecified atom stereocenters. The second-order valence-electron chi connectivity index (χ2n) is 5.30. The van der Waals surface area contributed by atoms with Gasteiger partial charge in [-0.2, -0.15) is 0 Å². The SMILES string of the molecule is O=C(Cc1cc(Cl)c2c(c1)OCCCO2)Nc1cc(F)ccc1F. The Bertz CT molecular complexity index is 783. The Kier molecular flexibility index (Phi) is 4.85. The second-order valence-corrected chi connectivity index (χ2v) is 5.71. The Morgan fingerprint density at radius 2 is 1.96 bits per heavy atom. The van der Waals surface area contributed by atoms with Gasteiger partial charge in [-0.15, -0.1) is 0 Å². The lowest BCUT2D eigenvalue weighted by atomic mass is 10.1. The molecule has 0 bridgehead atoms. The van der Waals surface area contributed by atoms with Crippen LogP contribution < -0.4 is 14.8 Å². The van der Waals surface area contributed by atoms with E-state index in [0.717, 1.165) is 24.6 Å². The minimum Gasteiger partial charge on any atom is -0.489 e. The normalized spacial score (nSPS) is 13.3. The van der Waals surface area contributed by atoms with Gasteiger partial charge in [-0.3, -0.25) is 4.79 Å². The van der Waals surface area contributed by atoms with Crippen LogP contribution in [0.5, 0.6) is 11.5 Å². The summed E-state index contributed by atoms with van der Waals surface area (Å²) in [6.07, 6.45) is 0.673. The number of hydrogen-bond donors (Lipinski definition) is 1. The van der Waals surface area contributed by atoms with Crippen molar-refractivity contribution < 1.29 is 23.0 Å². The molecular weight excluding hydrogens is 340 g/mol. The lowest BCUT2D eigenvalue weighted by Crippen LogP contribution is -2.15. The van der Waals surface area contributed by atoms with Crippen LogP contribution in [-0.4, -0.2) is 19.1 Å². The van der Waals surface area contributed by atoms with E-state index in [1.54, 1.807) is 12.1 Å². The first-order valence-electron chi connectivity index (χ1n) is 7.36. The summed E-state index contributed by atoms with van der Waals surface area (Å²) in [5.41, 5.74) is 0.374. The van der Waals surface area contributed by atoms with E-state index < -0.39 is 17.5 Å². The van der Waals surface area contributed by atoms with Gasteiger partial charge in [0.15, 0.2) is 11.5 Å².